The number of carbonyl (C=O) groups is 1. The van der Waals surface area contributed by atoms with Gasteiger partial charge in [0, 0.05) is 28.3 Å². The summed E-state index contributed by atoms with van der Waals surface area (Å²) < 4.78 is 10.7. The van der Waals surface area contributed by atoms with Crippen LogP contribution >= 0.6 is 11.6 Å². The molecule has 7 nitrogen and oxygen atoms in total. The molecule has 0 aliphatic carbocycles. The van der Waals surface area contributed by atoms with Gasteiger partial charge >= 0.3 is 6.03 Å². The topological polar surface area (TPSA) is 83.7 Å². The summed E-state index contributed by atoms with van der Waals surface area (Å²) in [7, 11) is 3.17. The first-order valence-electron chi connectivity index (χ1n) is 11.5. The number of nitrogens with one attached hydrogen (secondary N) is 2. The SMILES string of the molecule is COc1ccc(CCN(Cc2cc3cc(C)ccc3[nH]c2=O)C(=O)Nc2cccc(Cl)c2)cc1OC. The number of amides is 2. The van der Waals surface area contributed by atoms with Crippen LogP contribution in [-0.4, -0.2) is 36.7 Å². The van der Waals surface area contributed by atoms with E-state index in [4.69, 9.17) is 21.1 Å². The van der Waals surface area contributed by atoms with Gasteiger partial charge in [0.25, 0.3) is 5.56 Å². The number of H-pyrrole nitrogens is 1. The molecular weight excluding hydrogens is 478 g/mol. The smallest absolute Gasteiger partial charge is 0.322 e. The highest BCUT2D eigenvalue weighted by Gasteiger charge is 2.17. The molecule has 0 unspecified atom stereocenters. The fraction of sp³-hybridized carbons (Fsp3) is 0.214. The van der Waals surface area contributed by atoms with Crippen LogP contribution in [0.4, 0.5) is 10.5 Å². The van der Waals surface area contributed by atoms with E-state index in [0.29, 0.717) is 40.7 Å². The largest absolute Gasteiger partial charge is 0.493 e. The molecule has 1 heterocycles. The first-order chi connectivity index (χ1) is 17.4. The van der Waals surface area contributed by atoms with Crippen LogP contribution in [0.1, 0.15) is 16.7 Å². The number of hydrogen-bond acceptors (Lipinski definition) is 4. The summed E-state index contributed by atoms with van der Waals surface area (Å²) in [5.41, 5.74) is 3.67. The van der Waals surface area contributed by atoms with Gasteiger partial charge in [-0.25, -0.2) is 4.79 Å². The zero-order valence-electron chi connectivity index (χ0n) is 20.4. The predicted octanol–water partition coefficient (Wildman–Crippen LogP) is 5.78. The molecule has 1 aromatic heterocycles. The van der Waals surface area contributed by atoms with E-state index in [1.165, 1.54) is 0 Å². The minimum atomic E-state index is -0.332. The van der Waals surface area contributed by atoms with Crippen molar-refractivity contribution in [3.63, 3.8) is 0 Å². The monoisotopic (exact) mass is 505 g/mol. The Bertz CT molecular complexity index is 1450. The van der Waals surface area contributed by atoms with E-state index >= 15 is 0 Å². The van der Waals surface area contributed by atoms with Crippen molar-refractivity contribution >= 4 is 34.2 Å². The Labute approximate surface area is 214 Å². The van der Waals surface area contributed by atoms with Gasteiger partial charge in [-0.1, -0.05) is 35.4 Å². The molecule has 0 fully saturated rings. The van der Waals surface area contributed by atoms with Gasteiger partial charge in [0.1, 0.15) is 0 Å². The summed E-state index contributed by atoms with van der Waals surface area (Å²) >= 11 is 6.09. The van der Waals surface area contributed by atoms with E-state index < -0.39 is 0 Å². The number of fused-ring (bicyclic) bond motifs is 1. The van der Waals surface area contributed by atoms with Gasteiger partial charge in [0.15, 0.2) is 11.5 Å². The number of urea groups is 1. The lowest BCUT2D eigenvalue weighted by Crippen LogP contribution is -2.37. The number of carbonyl (C=O) groups excluding carboxylic acids is 1. The lowest BCUT2D eigenvalue weighted by molar-refractivity contribution is 0.209. The summed E-state index contributed by atoms with van der Waals surface area (Å²) in [5.74, 6) is 1.25. The average molecular weight is 506 g/mol. The van der Waals surface area contributed by atoms with Crippen molar-refractivity contribution in [1.82, 2.24) is 9.88 Å². The molecule has 2 amide bonds. The van der Waals surface area contributed by atoms with Crippen molar-refractivity contribution in [3.8, 4) is 11.5 Å². The number of benzene rings is 3. The molecule has 0 bridgehead atoms. The Kier molecular flexibility index (Phi) is 7.80. The standard InChI is InChI=1S/C28H28ClN3O4/c1-18-7-9-24-20(13-18)15-21(27(33)31-24)17-32(28(34)30-23-6-4-5-22(29)16-23)12-11-19-8-10-25(35-2)26(14-19)36-3/h4-10,13-16H,11-12,17H2,1-3H3,(H,30,34)(H,31,33). The van der Waals surface area contributed by atoms with Crippen molar-refractivity contribution in [2.45, 2.75) is 19.9 Å². The molecule has 0 spiro atoms. The maximum atomic E-state index is 13.3. The number of methoxy groups -OCH3 is 2. The fourth-order valence-electron chi connectivity index (χ4n) is 4.02. The molecule has 4 aromatic rings. The van der Waals surface area contributed by atoms with Crippen LogP contribution < -0.4 is 20.3 Å². The highest BCUT2D eigenvalue weighted by molar-refractivity contribution is 6.30. The molecule has 36 heavy (non-hydrogen) atoms. The summed E-state index contributed by atoms with van der Waals surface area (Å²) in [4.78, 5) is 30.7. The first-order valence-corrected chi connectivity index (χ1v) is 11.9. The van der Waals surface area contributed by atoms with E-state index in [2.05, 4.69) is 10.3 Å². The van der Waals surface area contributed by atoms with Gasteiger partial charge in [-0.2, -0.15) is 0 Å². The number of nitrogens with zero attached hydrogens (tertiary/aromatic N) is 1. The molecule has 0 saturated heterocycles. The summed E-state index contributed by atoms with van der Waals surface area (Å²) in [6.45, 7) is 2.50. The Morgan fingerprint density at radius 3 is 2.56 bits per heavy atom. The molecule has 8 heteroatoms. The van der Waals surface area contributed by atoms with Crippen molar-refractivity contribution in [2.24, 2.45) is 0 Å². The molecule has 4 rings (SSSR count). The molecule has 0 saturated carbocycles. The van der Waals surface area contributed by atoms with Gasteiger partial charge in [-0.3, -0.25) is 4.79 Å². The van der Waals surface area contributed by atoms with Crippen LogP contribution in [0, 0.1) is 6.92 Å². The minimum Gasteiger partial charge on any atom is -0.493 e. The Morgan fingerprint density at radius 2 is 1.81 bits per heavy atom. The van der Waals surface area contributed by atoms with E-state index in [-0.39, 0.29) is 18.1 Å². The number of hydrogen-bond donors (Lipinski definition) is 2. The summed E-state index contributed by atoms with van der Waals surface area (Å²) in [6, 6.07) is 20.0. The molecule has 0 aliphatic rings. The summed E-state index contributed by atoms with van der Waals surface area (Å²) in [5, 5.41) is 4.33. The average Bonchev–Trinajstić information content (AvgIpc) is 2.86. The van der Waals surface area contributed by atoms with Gasteiger partial charge in [0.2, 0.25) is 0 Å². The predicted molar refractivity (Wildman–Crippen MR) is 143 cm³/mol. The Hall–Kier alpha value is -3.97. The number of rotatable bonds is 8. The Balaban J connectivity index is 1.61. The van der Waals surface area contributed by atoms with E-state index in [0.717, 1.165) is 22.0 Å². The second kappa shape index (κ2) is 11.2. The van der Waals surface area contributed by atoms with Gasteiger partial charge < -0.3 is 24.7 Å². The Morgan fingerprint density at radius 1 is 1.00 bits per heavy atom. The van der Waals surface area contributed by atoms with Crippen LogP contribution in [0.2, 0.25) is 5.02 Å². The number of pyridine rings is 1. The quantitative estimate of drug-likeness (QED) is 0.318. The lowest BCUT2D eigenvalue weighted by atomic mass is 10.1. The number of anilines is 1. The third kappa shape index (κ3) is 5.98. The van der Waals surface area contributed by atoms with Crippen LogP contribution in [0.25, 0.3) is 10.9 Å². The highest BCUT2D eigenvalue weighted by atomic mass is 35.5. The third-order valence-electron chi connectivity index (χ3n) is 5.92. The van der Waals surface area contributed by atoms with E-state index in [1.54, 1.807) is 43.4 Å². The number of aromatic nitrogens is 1. The number of aryl methyl sites for hydroxylation is 1. The molecule has 3 aromatic carbocycles. The van der Waals surface area contributed by atoms with Crippen LogP contribution in [0.3, 0.4) is 0 Å². The van der Waals surface area contributed by atoms with Gasteiger partial charge in [-0.05, 0) is 72.8 Å². The van der Waals surface area contributed by atoms with Crippen molar-refractivity contribution in [1.29, 1.82) is 0 Å². The summed E-state index contributed by atoms with van der Waals surface area (Å²) in [6.07, 6.45) is 0.550. The maximum absolute atomic E-state index is 13.3. The highest BCUT2D eigenvalue weighted by Crippen LogP contribution is 2.28. The van der Waals surface area contributed by atoms with Gasteiger partial charge in [0.05, 0.1) is 20.8 Å². The van der Waals surface area contributed by atoms with E-state index in [1.807, 2.05) is 49.4 Å². The second-order valence-corrected chi connectivity index (χ2v) is 8.95. The number of halogens is 1. The first kappa shape index (κ1) is 25.1. The zero-order chi connectivity index (χ0) is 25.7. The molecule has 0 radical (unpaired) electrons. The van der Waals surface area contributed by atoms with Crippen LogP contribution in [0.15, 0.2) is 71.5 Å². The van der Waals surface area contributed by atoms with Crippen molar-refractivity contribution in [2.75, 3.05) is 26.1 Å². The second-order valence-electron chi connectivity index (χ2n) is 8.52. The molecule has 2 N–H and O–H groups in total. The van der Waals surface area contributed by atoms with Gasteiger partial charge in [-0.15, -0.1) is 0 Å². The molecule has 0 aliphatic heterocycles. The number of aromatic amines is 1. The fourth-order valence-corrected chi connectivity index (χ4v) is 4.21. The van der Waals surface area contributed by atoms with Crippen LogP contribution in [-0.2, 0) is 13.0 Å². The van der Waals surface area contributed by atoms with Crippen molar-refractivity contribution in [3.05, 3.63) is 98.8 Å². The maximum Gasteiger partial charge on any atom is 0.322 e. The molecule has 0 atom stereocenters. The molecule has 186 valence electrons. The third-order valence-corrected chi connectivity index (χ3v) is 6.15. The molecular formula is C28H28ClN3O4. The number of ether oxygens (including phenoxy) is 2. The van der Waals surface area contributed by atoms with Crippen molar-refractivity contribution < 1.29 is 14.3 Å². The zero-order valence-corrected chi connectivity index (χ0v) is 21.2. The van der Waals surface area contributed by atoms with Crippen LogP contribution in [0.5, 0.6) is 11.5 Å². The minimum absolute atomic E-state index is 0.138. The lowest BCUT2D eigenvalue weighted by Gasteiger charge is -2.23. The normalized spacial score (nSPS) is 10.8. The van der Waals surface area contributed by atoms with E-state index in [9.17, 15) is 9.59 Å².